The van der Waals surface area contributed by atoms with Gasteiger partial charge in [0.1, 0.15) is 12.7 Å². The summed E-state index contributed by atoms with van der Waals surface area (Å²) < 4.78 is 17.7. The quantitative estimate of drug-likeness (QED) is 0.693. The number of nitrogens with one attached hydrogen (secondary N) is 1. The van der Waals surface area contributed by atoms with Gasteiger partial charge in [-0.25, -0.2) is 14.6 Å². The largest absolute Gasteiger partial charge is 0.480 e. The van der Waals surface area contributed by atoms with Gasteiger partial charge in [-0.2, -0.15) is 4.39 Å². The molecule has 1 heterocycles. The molecule has 0 radical (unpaired) electrons. The van der Waals surface area contributed by atoms with E-state index in [0.717, 1.165) is 17.8 Å². The van der Waals surface area contributed by atoms with Crippen LogP contribution in [0, 0.1) is 5.95 Å². The van der Waals surface area contributed by atoms with Crippen LogP contribution in [0.1, 0.15) is 17.2 Å². The summed E-state index contributed by atoms with van der Waals surface area (Å²) in [5.74, 6) is -2.24. The summed E-state index contributed by atoms with van der Waals surface area (Å²) in [6.07, 6.45) is -1.62. The number of benzene rings is 1. The molecule has 0 unspecified atom stereocenters. The zero-order chi connectivity index (χ0) is 17.5. The van der Waals surface area contributed by atoms with Gasteiger partial charge in [-0.3, -0.25) is 0 Å². The van der Waals surface area contributed by atoms with E-state index in [4.69, 9.17) is 9.84 Å². The molecule has 0 saturated heterocycles. The Hall–Kier alpha value is -3.00. The highest BCUT2D eigenvalue weighted by atomic mass is 19.1. The summed E-state index contributed by atoms with van der Waals surface area (Å²) in [4.78, 5) is 26.3. The van der Waals surface area contributed by atoms with E-state index in [9.17, 15) is 19.1 Å². The van der Waals surface area contributed by atoms with Crippen LogP contribution in [0.25, 0.3) is 0 Å². The molecule has 0 aliphatic rings. The van der Waals surface area contributed by atoms with E-state index >= 15 is 0 Å². The van der Waals surface area contributed by atoms with E-state index in [1.54, 1.807) is 30.3 Å². The van der Waals surface area contributed by atoms with Crippen molar-refractivity contribution in [1.82, 2.24) is 10.3 Å². The number of alkyl carbamates (subject to hydrolysis) is 1. The average Bonchev–Trinajstić information content (AvgIpc) is 2.58. The molecule has 1 amide bonds. The van der Waals surface area contributed by atoms with Crippen LogP contribution in [0.2, 0.25) is 0 Å². The summed E-state index contributed by atoms with van der Waals surface area (Å²) >= 11 is 0. The molecule has 2 aromatic rings. The minimum atomic E-state index is -1.67. The number of aromatic nitrogens is 1. The first-order valence-corrected chi connectivity index (χ1v) is 6.97. The number of amides is 1. The highest BCUT2D eigenvalue weighted by molar-refractivity contribution is 5.80. The number of carbonyl (C=O) groups excluding carboxylic acids is 1. The second-order valence-corrected chi connectivity index (χ2v) is 4.88. The Morgan fingerprint density at radius 2 is 1.92 bits per heavy atom. The van der Waals surface area contributed by atoms with Gasteiger partial charge in [-0.15, -0.1) is 0 Å². The van der Waals surface area contributed by atoms with Crippen LogP contribution >= 0.6 is 0 Å². The standard InChI is InChI=1S/C16H15FN2O5/c17-12-7-6-11(8-18-12)14(20)13(15(21)22)19-16(23)24-9-10-4-2-1-3-5-10/h1-8,13-14,20H,9H2,(H,19,23)(H,21,22)/t13-,14-/m1/s1. The Morgan fingerprint density at radius 3 is 2.50 bits per heavy atom. The molecule has 0 aliphatic heterocycles. The van der Waals surface area contributed by atoms with Crippen molar-refractivity contribution < 1.29 is 28.9 Å². The maximum Gasteiger partial charge on any atom is 0.408 e. The fraction of sp³-hybridized carbons (Fsp3) is 0.188. The van der Waals surface area contributed by atoms with Crippen molar-refractivity contribution in [3.63, 3.8) is 0 Å². The van der Waals surface area contributed by atoms with E-state index in [-0.39, 0.29) is 12.2 Å². The number of carboxylic acids is 1. The van der Waals surface area contributed by atoms with Crippen molar-refractivity contribution in [1.29, 1.82) is 0 Å². The van der Waals surface area contributed by atoms with Gasteiger partial charge in [0.15, 0.2) is 6.04 Å². The molecule has 1 aromatic heterocycles. The normalized spacial score (nSPS) is 12.9. The van der Waals surface area contributed by atoms with Crippen LogP contribution in [0.15, 0.2) is 48.7 Å². The summed E-state index contributed by atoms with van der Waals surface area (Å²) in [7, 11) is 0. The highest BCUT2D eigenvalue weighted by Crippen LogP contribution is 2.16. The number of nitrogens with zero attached hydrogens (tertiary/aromatic N) is 1. The predicted molar refractivity (Wildman–Crippen MR) is 80.3 cm³/mol. The molecule has 3 N–H and O–H groups in total. The number of aliphatic hydroxyl groups excluding tert-OH is 1. The molecule has 2 rings (SSSR count). The Morgan fingerprint density at radius 1 is 1.21 bits per heavy atom. The van der Waals surface area contributed by atoms with Gasteiger partial charge in [0, 0.05) is 11.8 Å². The van der Waals surface area contributed by atoms with E-state index < -0.39 is 30.2 Å². The van der Waals surface area contributed by atoms with Crippen molar-refractivity contribution in [3.05, 3.63) is 65.7 Å². The third kappa shape index (κ3) is 4.75. The summed E-state index contributed by atoms with van der Waals surface area (Å²) in [6, 6.07) is 9.30. The zero-order valence-electron chi connectivity index (χ0n) is 12.4. The van der Waals surface area contributed by atoms with Gasteiger partial charge in [-0.05, 0) is 11.6 Å². The molecule has 0 bridgehead atoms. The Labute approximate surface area is 136 Å². The molecule has 0 spiro atoms. The molecule has 0 aliphatic carbocycles. The Kier molecular flexibility index (Phi) is 5.80. The van der Waals surface area contributed by atoms with Crippen LogP contribution in [0.3, 0.4) is 0 Å². The van der Waals surface area contributed by atoms with Gasteiger partial charge in [0.05, 0.1) is 0 Å². The topological polar surface area (TPSA) is 109 Å². The molecule has 1 aromatic carbocycles. The van der Waals surface area contributed by atoms with Crippen LogP contribution in [-0.4, -0.2) is 33.3 Å². The fourth-order valence-corrected chi connectivity index (χ4v) is 1.92. The lowest BCUT2D eigenvalue weighted by Gasteiger charge is -2.20. The van der Waals surface area contributed by atoms with E-state index in [1.165, 1.54) is 6.07 Å². The molecule has 2 atom stereocenters. The lowest BCUT2D eigenvalue weighted by molar-refractivity contribution is -0.142. The van der Waals surface area contributed by atoms with Gasteiger partial charge >= 0.3 is 12.1 Å². The number of hydrogen-bond acceptors (Lipinski definition) is 5. The fourth-order valence-electron chi connectivity index (χ4n) is 1.92. The van der Waals surface area contributed by atoms with E-state index in [2.05, 4.69) is 10.3 Å². The third-order valence-corrected chi connectivity index (χ3v) is 3.16. The monoisotopic (exact) mass is 334 g/mol. The number of carboxylic acid groups (broad SMARTS) is 1. The number of halogens is 1. The van der Waals surface area contributed by atoms with Crippen molar-refractivity contribution in [3.8, 4) is 0 Å². The number of aliphatic carboxylic acids is 1. The molecule has 24 heavy (non-hydrogen) atoms. The smallest absolute Gasteiger partial charge is 0.408 e. The number of rotatable bonds is 6. The summed E-state index contributed by atoms with van der Waals surface area (Å²) in [5, 5.41) is 21.3. The summed E-state index contributed by atoms with van der Waals surface area (Å²) in [5.41, 5.74) is 0.773. The van der Waals surface area contributed by atoms with E-state index in [1.807, 2.05) is 0 Å². The maximum atomic E-state index is 12.8. The molecule has 0 fully saturated rings. The number of hydrogen-bond donors (Lipinski definition) is 3. The first-order chi connectivity index (χ1) is 11.5. The van der Waals surface area contributed by atoms with E-state index in [0.29, 0.717) is 0 Å². The minimum absolute atomic E-state index is 0.0483. The minimum Gasteiger partial charge on any atom is -0.480 e. The van der Waals surface area contributed by atoms with Crippen LogP contribution < -0.4 is 5.32 Å². The van der Waals surface area contributed by atoms with Gasteiger partial charge in [0.2, 0.25) is 5.95 Å². The number of carbonyl (C=O) groups is 2. The summed E-state index contributed by atoms with van der Waals surface area (Å²) in [6.45, 7) is -0.0484. The second kappa shape index (κ2) is 8.02. The molecule has 7 nitrogen and oxygen atoms in total. The lowest BCUT2D eigenvalue weighted by Crippen LogP contribution is -2.45. The molecule has 0 saturated carbocycles. The number of ether oxygens (including phenoxy) is 1. The average molecular weight is 334 g/mol. The molecule has 126 valence electrons. The Balaban J connectivity index is 1.98. The lowest BCUT2D eigenvalue weighted by atomic mass is 10.0. The zero-order valence-corrected chi connectivity index (χ0v) is 12.4. The number of aliphatic hydroxyl groups is 1. The highest BCUT2D eigenvalue weighted by Gasteiger charge is 2.30. The van der Waals surface area contributed by atoms with Gasteiger partial charge in [-0.1, -0.05) is 36.4 Å². The third-order valence-electron chi connectivity index (χ3n) is 3.16. The predicted octanol–water partition coefficient (Wildman–Crippen LogP) is 1.63. The molecular weight excluding hydrogens is 319 g/mol. The van der Waals surface area contributed by atoms with Crippen LogP contribution in [0.4, 0.5) is 9.18 Å². The maximum absolute atomic E-state index is 12.8. The first kappa shape index (κ1) is 17.4. The van der Waals surface area contributed by atoms with Crippen molar-refractivity contribution >= 4 is 12.1 Å². The Bertz CT molecular complexity index is 693. The van der Waals surface area contributed by atoms with Crippen molar-refractivity contribution in [2.75, 3.05) is 0 Å². The second-order valence-electron chi connectivity index (χ2n) is 4.88. The SMILES string of the molecule is O=C(N[C@@H](C(=O)O)[C@H](O)c1ccc(F)nc1)OCc1ccccc1. The first-order valence-electron chi connectivity index (χ1n) is 6.97. The van der Waals surface area contributed by atoms with Crippen LogP contribution in [-0.2, 0) is 16.1 Å². The molecule has 8 heteroatoms. The van der Waals surface area contributed by atoms with Crippen LogP contribution in [0.5, 0.6) is 0 Å². The van der Waals surface area contributed by atoms with Crippen molar-refractivity contribution in [2.24, 2.45) is 0 Å². The van der Waals surface area contributed by atoms with Gasteiger partial charge < -0.3 is 20.3 Å². The number of pyridine rings is 1. The van der Waals surface area contributed by atoms with Crippen molar-refractivity contribution in [2.45, 2.75) is 18.8 Å². The molecular formula is C16H15FN2O5. The van der Waals surface area contributed by atoms with Gasteiger partial charge in [0.25, 0.3) is 0 Å².